The summed E-state index contributed by atoms with van der Waals surface area (Å²) in [6.45, 7) is 0. The number of hydrogen-bond donors (Lipinski definition) is 1. The molecule has 4 nitrogen and oxygen atoms in total. The molecule has 0 aliphatic rings. The summed E-state index contributed by atoms with van der Waals surface area (Å²) in [4.78, 5) is 3.76. The average molecular weight is 240 g/mol. The van der Waals surface area contributed by atoms with E-state index in [1.165, 1.54) is 7.11 Å². The Kier molecular flexibility index (Phi) is 2.75. The summed E-state index contributed by atoms with van der Waals surface area (Å²) >= 11 is 5.75. The van der Waals surface area contributed by atoms with Gasteiger partial charge in [0.25, 0.3) is 0 Å². The van der Waals surface area contributed by atoms with Gasteiger partial charge in [0.2, 0.25) is 5.88 Å². The maximum absolute atomic E-state index is 9.64. The fourth-order valence-electron chi connectivity index (χ4n) is 1.53. The first-order valence-electron chi connectivity index (χ1n) is 4.57. The minimum atomic E-state index is -0.122. The Morgan fingerprint density at radius 1 is 1.12 bits per heavy atom. The van der Waals surface area contributed by atoms with Gasteiger partial charge in [-0.15, -0.1) is 0 Å². The van der Waals surface area contributed by atoms with E-state index in [-0.39, 0.29) is 11.0 Å². The summed E-state index contributed by atoms with van der Waals surface area (Å²) in [6.07, 6.45) is 0. The van der Waals surface area contributed by atoms with Gasteiger partial charge in [0.15, 0.2) is 11.5 Å². The number of fused-ring (bicyclic) bond motifs is 1. The third-order valence-corrected chi connectivity index (χ3v) is 2.48. The van der Waals surface area contributed by atoms with Crippen LogP contribution in [-0.4, -0.2) is 24.3 Å². The van der Waals surface area contributed by atoms with Crippen LogP contribution in [0.3, 0.4) is 0 Å². The molecule has 2 aromatic rings. The standard InChI is InChI=1S/C11H10ClNO3/c1-15-8-3-6-4-10(12)13-11(14)7(6)5-9(8)16-2/h3-5H,1-2H3,(H,13,14). The highest BCUT2D eigenvalue weighted by molar-refractivity contribution is 6.30. The summed E-state index contributed by atoms with van der Waals surface area (Å²) in [7, 11) is 3.08. The van der Waals surface area contributed by atoms with Crippen LogP contribution in [0.5, 0.6) is 17.4 Å². The lowest BCUT2D eigenvalue weighted by molar-refractivity contribution is 0.355. The van der Waals surface area contributed by atoms with Crippen molar-refractivity contribution in [2.45, 2.75) is 0 Å². The molecule has 0 atom stereocenters. The van der Waals surface area contributed by atoms with Gasteiger partial charge >= 0.3 is 0 Å². The normalized spacial score (nSPS) is 10.4. The van der Waals surface area contributed by atoms with E-state index in [0.29, 0.717) is 16.9 Å². The molecule has 16 heavy (non-hydrogen) atoms. The molecule has 0 aliphatic carbocycles. The number of aromatic nitrogens is 1. The molecule has 1 N–H and O–H groups in total. The predicted molar refractivity (Wildman–Crippen MR) is 61.5 cm³/mol. The van der Waals surface area contributed by atoms with Crippen LogP contribution in [-0.2, 0) is 0 Å². The molecule has 0 unspecified atom stereocenters. The van der Waals surface area contributed by atoms with Crippen LogP contribution in [0.15, 0.2) is 18.2 Å². The van der Waals surface area contributed by atoms with E-state index in [1.54, 1.807) is 25.3 Å². The largest absolute Gasteiger partial charge is 0.493 e. The van der Waals surface area contributed by atoms with Gasteiger partial charge in [-0.25, -0.2) is 4.98 Å². The lowest BCUT2D eigenvalue weighted by Gasteiger charge is -2.09. The fourth-order valence-corrected chi connectivity index (χ4v) is 1.73. The number of ether oxygens (including phenoxy) is 2. The number of aromatic hydroxyl groups is 1. The third-order valence-electron chi connectivity index (χ3n) is 2.28. The zero-order valence-electron chi connectivity index (χ0n) is 8.82. The molecule has 0 bridgehead atoms. The first-order chi connectivity index (χ1) is 7.65. The second-order valence-corrected chi connectivity index (χ2v) is 3.58. The molecule has 0 fully saturated rings. The zero-order chi connectivity index (χ0) is 11.7. The van der Waals surface area contributed by atoms with Crippen LogP contribution < -0.4 is 9.47 Å². The smallest absolute Gasteiger partial charge is 0.220 e. The zero-order valence-corrected chi connectivity index (χ0v) is 9.58. The maximum atomic E-state index is 9.64. The van der Waals surface area contributed by atoms with E-state index in [0.717, 1.165) is 5.39 Å². The predicted octanol–water partition coefficient (Wildman–Crippen LogP) is 2.61. The molecule has 1 heterocycles. The van der Waals surface area contributed by atoms with E-state index in [9.17, 15) is 5.11 Å². The van der Waals surface area contributed by atoms with Crippen molar-refractivity contribution in [3.63, 3.8) is 0 Å². The molecule has 5 heteroatoms. The third kappa shape index (κ3) is 1.72. The average Bonchev–Trinajstić information content (AvgIpc) is 2.27. The van der Waals surface area contributed by atoms with Gasteiger partial charge < -0.3 is 14.6 Å². The Morgan fingerprint density at radius 2 is 1.75 bits per heavy atom. The van der Waals surface area contributed by atoms with Gasteiger partial charge in [-0.2, -0.15) is 0 Å². The molecule has 84 valence electrons. The van der Waals surface area contributed by atoms with Gasteiger partial charge in [-0.3, -0.25) is 0 Å². The molecule has 0 amide bonds. The molecular formula is C11H10ClNO3. The Hall–Kier alpha value is -1.68. The van der Waals surface area contributed by atoms with Crippen molar-refractivity contribution in [2.75, 3.05) is 14.2 Å². The highest BCUT2D eigenvalue weighted by atomic mass is 35.5. The SMILES string of the molecule is COc1cc2cc(Cl)nc(O)c2cc1OC. The van der Waals surface area contributed by atoms with Gasteiger partial charge in [-0.05, 0) is 23.6 Å². The summed E-state index contributed by atoms with van der Waals surface area (Å²) in [5, 5.41) is 11.2. The molecule has 2 rings (SSSR count). The van der Waals surface area contributed by atoms with Crippen molar-refractivity contribution in [3.05, 3.63) is 23.4 Å². The molecular weight excluding hydrogens is 230 g/mol. The lowest BCUT2D eigenvalue weighted by Crippen LogP contribution is -1.91. The number of nitrogens with zero attached hydrogens (tertiary/aromatic N) is 1. The van der Waals surface area contributed by atoms with E-state index < -0.39 is 0 Å². The Bertz CT molecular complexity index is 542. The Labute approximate surface area is 97.4 Å². The number of pyridine rings is 1. The lowest BCUT2D eigenvalue weighted by atomic mass is 10.1. The van der Waals surface area contributed by atoms with Crippen LogP contribution in [0, 0.1) is 0 Å². The summed E-state index contributed by atoms with van der Waals surface area (Å²) in [5.74, 6) is 0.995. The van der Waals surface area contributed by atoms with Crippen molar-refractivity contribution in [1.29, 1.82) is 0 Å². The second-order valence-electron chi connectivity index (χ2n) is 3.20. The first kappa shape index (κ1) is 10.8. The topological polar surface area (TPSA) is 51.6 Å². The van der Waals surface area contributed by atoms with Crippen LogP contribution in [0.4, 0.5) is 0 Å². The van der Waals surface area contributed by atoms with E-state index in [4.69, 9.17) is 21.1 Å². The van der Waals surface area contributed by atoms with Crippen molar-refractivity contribution in [3.8, 4) is 17.4 Å². The number of hydrogen-bond acceptors (Lipinski definition) is 4. The molecule has 1 aromatic heterocycles. The number of rotatable bonds is 2. The highest BCUT2D eigenvalue weighted by Gasteiger charge is 2.10. The van der Waals surface area contributed by atoms with Gasteiger partial charge in [-0.1, -0.05) is 11.6 Å². The molecule has 1 aromatic carbocycles. The summed E-state index contributed by atoms with van der Waals surface area (Å²) < 4.78 is 10.3. The molecule has 0 saturated carbocycles. The minimum absolute atomic E-state index is 0.122. The molecule has 0 saturated heterocycles. The minimum Gasteiger partial charge on any atom is -0.493 e. The molecule has 0 radical (unpaired) electrons. The van der Waals surface area contributed by atoms with Crippen LogP contribution in [0.1, 0.15) is 0 Å². The summed E-state index contributed by atoms with van der Waals surface area (Å²) in [5.41, 5.74) is 0. The van der Waals surface area contributed by atoms with Gasteiger partial charge in [0, 0.05) is 5.39 Å². The highest BCUT2D eigenvalue weighted by Crippen LogP contribution is 2.35. The number of halogens is 1. The van der Waals surface area contributed by atoms with Crippen LogP contribution >= 0.6 is 11.6 Å². The summed E-state index contributed by atoms with van der Waals surface area (Å²) in [6, 6.07) is 5.05. The first-order valence-corrected chi connectivity index (χ1v) is 4.94. The number of methoxy groups -OCH3 is 2. The Morgan fingerprint density at radius 3 is 2.38 bits per heavy atom. The van der Waals surface area contributed by atoms with Crippen LogP contribution in [0.2, 0.25) is 5.15 Å². The molecule has 0 spiro atoms. The van der Waals surface area contributed by atoms with E-state index in [2.05, 4.69) is 4.98 Å². The second kappa shape index (κ2) is 4.06. The number of benzene rings is 1. The van der Waals surface area contributed by atoms with E-state index >= 15 is 0 Å². The monoisotopic (exact) mass is 239 g/mol. The van der Waals surface area contributed by atoms with Crippen molar-refractivity contribution in [1.82, 2.24) is 4.98 Å². The van der Waals surface area contributed by atoms with Crippen molar-refractivity contribution in [2.24, 2.45) is 0 Å². The fraction of sp³-hybridized carbons (Fsp3) is 0.182. The maximum Gasteiger partial charge on any atom is 0.220 e. The Balaban J connectivity index is 2.78. The van der Waals surface area contributed by atoms with Gasteiger partial charge in [0.05, 0.1) is 14.2 Å². The van der Waals surface area contributed by atoms with Crippen LogP contribution in [0.25, 0.3) is 10.8 Å². The van der Waals surface area contributed by atoms with E-state index in [1.807, 2.05) is 0 Å². The van der Waals surface area contributed by atoms with Gasteiger partial charge in [0.1, 0.15) is 5.15 Å². The quantitative estimate of drug-likeness (QED) is 0.819. The van der Waals surface area contributed by atoms with Crippen molar-refractivity contribution < 1.29 is 14.6 Å². The molecule has 0 aliphatic heterocycles. The van der Waals surface area contributed by atoms with Crippen molar-refractivity contribution >= 4 is 22.4 Å².